The van der Waals surface area contributed by atoms with E-state index in [-0.39, 0.29) is 23.4 Å². The minimum absolute atomic E-state index is 0.00679. The van der Waals surface area contributed by atoms with Crippen molar-refractivity contribution >= 4 is 17.0 Å². The molecule has 3 saturated heterocycles. The van der Waals surface area contributed by atoms with Crippen LogP contribution in [0.15, 0.2) is 53.3 Å². The molecule has 1 saturated carbocycles. The van der Waals surface area contributed by atoms with Crippen LogP contribution in [-0.2, 0) is 0 Å². The van der Waals surface area contributed by atoms with Crippen molar-refractivity contribution in [3.63, 3.8) is 0 Å². The summed E-state index contributed by atoms with van der Waals surface area (Å²) in [6.07, 6.45) is 14.3. The van der Waals surface area contributed by atoms with Gasteiger partial charge in [0, 0.05) is 24.5 Å². The van der Waals surface area contributed by atoms with Gasteiger partial charge in [-0.05, 0) is 105 Å². The van der Waals surface area contributed by atoms with Gasteiger partial charge in [0.25, 0.3) is 0 Å². The molecule has 1 amide bonds. The normalized spacial score (nSPS) is 21.8. The van der Waals surface area contributed by atoms with E-state index in [1.807, 2.05) is 17.0 Å². The number of aromatic nitrogens is 1. The molecule has 3 aromatic rings. The van der Waals surface area contributed by atoms with Crippen LogP contribution in [-0.4, -0.2) is 81.6 Å². The summed E-state index contributed by atoms with van der Waals surface area (Å²) in [7, 11) is 0. The van der Waals surface area contributed by atoms with Gasteiger partial charge >= 0.3 is 6.09 Å². The highest BCUT2D eigenvalue weighted by molar-refractivity contribution is 5.87. The van der Waals surface area contributed by atoms with E-state index in [9.17, 15) is 24.9 Å². The van der Waals surface area contributed by atoms with Gasteiger partial charge in [-0.2, -0.15) is 0 Å². The molecule has 10 nitrogen and oxygen atoms in total. The highest BCUT2D eigenvalue weighted by Gasteiger charge is 2.44. The Kier molecular flexibility index (Phi) is 13.3. The molecule has 5 N–H and O–H groups in total. The molecule has 1 aliphatic carbocycles. The van der Waals surface area contributed by atoms with Crippen molar-refractivity contribution in [2.24, 2.45) is 11.8 Å². The number of aromatic amines is 1. The summed E-state index contributed by atoms with van der Waals surface area (Å²) < 4.78 is 6.25. The van der Waals surface area contributed by atoms with E-state index in [1.165, 1.54) is 50.7 Å². The monoisotopic (exact) mass is 702 g/mol. The van der Waals surface area contributed by atoms with Gasteiger partial charge in [0.15, 0.2) is 0 Å². The summed E-state index contributed by atoms with van der Waals surface area (Å²) in [4.78, 5) is 31.6. The number of phenols is 1. The molecule has 3 atom stereocenters. The van der Waals surface area contributed by atoms with Gasteiger partial charge in [0.1, 0.15) is 11.5 Å². The lowest BCUT2D eigenvalue weighted by Crippen LogP contribution is -2.60. The van der Waals surface area contributed by atoms with E-state index >= 15 is 0 Å². The Morgan fingerprint density at radius 1 is 0.941 bits per heavy atom. The second-order valence-electron chi connectivity index (χ2n) is 15.1. The van der Waals surface area contributed by atoms with Crippen LogP contribution in [0.1, 0.15) is 113 Å². The Hall–Kier alpha value is -3.60. The number of carboxylic acid groups (broad SMARTS) is 1. The third-order valence-corrected chi connectivity index (χ3v) is 11.7. The molecule has 278 valence electrons. The summed E-state index contributed by atoms with van der Waals surface area (Å²) >= 11 is 0. The van der Waals surface area contributed by atoms with Gasteiger partial charge in [-0.25, -0.2) is 4.79 Å². The number of carbonyl (C=O) groups is 1. The number of benzene rings is 2. The lowest BCUT2D eigenvalue weighted by molar-refractivity contribution is -0.0215. The number of amides is 1. The molecular formula is C41H58N4O6. The van der Waals surface area contributed by atoms with Crippen molar-refractivity contribution in [2.45, 2.75) is 108 Å². The molecule has 4 fully saturated rings. The summed E-state index contributed by atoms with van der Waals surface area (Å²) in [5.74, 6) is 1.65. The van der Waals surface area contributed by atoms with Crippen molar-refractivity contribution in [3.05, 3.63) is 70.0 Å². The molecule has 51 heavy (non-hydrogen) atoms. The number of ether oxygens (including phenoxy) is 1. The number of fused-ring (bicyclic) bond motifs is 4. The number of nitrogens with one attached hydrogen (secondary N) is 2. The van der Waals surface area contributed by atoms with E-state index in [0.29, 0.717) is 41.5 Å². The minimum Gasteiger partial charge on any atom is -0.506 e. The second kappa shape index (κ2) is 18.2. The van der Waals surface area contributed by atoms with Gasteiger partial charge in [-0.1, -0.05) is 69.6 Å². The fourth-order valence-electron chi connectivity index (χ4n) is 8.94. The fourth-order valence-corrected chi connectivity index (χ4v) is 8.94. The van der Waals surface area contributed by atoms with Crippen molar-refractivity contribution in [1.29, 1.82) is 0 Å². The van der Waals surface area contributed by atoms with Gasteiger partial charge in [-0.3, -0.25) is 9.69 Å². The molecule has 4 heterocycles. The number of pyridine rings is 1. The van der Waals surface area contributed by atoms with Crippen LogP contribution in [0, 0.1) is 11.8 Å². The first-order valence-corrected chi connectivity index (χ1v) is 19.6. The maximum Gasteiger partial charge on any atom is 0.408 e. The van der Waals surface area contributed by atoms with Gasteiger partial charge in [-0.15, -0.1) is 0 Å². The van der Waals surface area contributed by atoms with Crippen LogP contribution in [0.5, 0.6) is 11.5 Å². The Bertz CT molecular complexity index is 1620. The molecule has 1 unspecified atom stereocenters. The molecule has 2 bridgehead atoms. The highest BCUT2D eigenvalue weighted by Crippen LogP contribution is 2.43. The zero-order valence-corrected chi connectivity index (χ0v) is 30.1. The van der Waals surface area contributed by atoms with E-state index in [0.717, 1.165) is 88.9 Å². The van der Waals surface area contributed by atoms with E-state index < -0.39 is 12.2 Å². The Morgan fingerprint density at radius 2 is 1.69 bits per heavy atom. The van der Waals surface area contributed by atoms with Crippen LogP contribution in [0.3, 0.4) is 0 Å². The number of nitrogens with zero attached hydrogens (tertiary/aromatic N) is 2. The number of piperidine rings is 3. The number of hydrogen-bond donors (Lipinski definition) is 5. The molecule has 7 rings (SSSR count). The first-order chi connectivity index (χ1) is 24.9. The van der Waals surface area contributed by atoms with Gasteiger partial charge in [0.2, 0.25) is 5.56 Å². The molecule has 10 heteroatoms. The molecule has 2 aromatic carbocycles. The van der Waals surface area contributed by atoms with Crippen LogP contribution in [0.4, 0.5) is 4.79 Å². The number of H-pyrrole nitrogens is 1. The first kappa shape index (κ1) is 37.2. The van der Waals surface area contributed by atoms with Gasteiger partial charge in [0.05, 0.1) is 30.3 Å². The van der Waals surface area contributed by atoms with Crippen molar-refractivity contribution in [3.8, 4) is 11.5 Å². The standard InChI is InChI=1S/C41H58N4O6/c46-36-18-16-33(34-17-19-38(48)43-39(34)36)37(47)27-42-22-9-4-2-1-3-5-10-25-51-32-15-11-14-31(26-32)40(30-12-7-6-8-13-30)45(41(49)50)35-28-44-23-20-29(35)21-24-44/h11,14-19,26,29-30,35,37,40,42,46-47H,1-10,12-13,20-25,27-28H2,(H,43,48)(H,49,50)/t35-,37-,40?/m0/s1. The van der Waals surface area contributed by atoms with E-state index in [4.69, 9.17) is 4.74 Å². The second-order valence-corrected chi connectivity index (χ2v) is 15.1. The highest BCUT2D eigenvalue weighted by atomic mass is 16.5. The zero-order chi connectivity index (χ0) is 35.6. The molecule has 1 aromatic heterocycles. The zero-order valence-electron chi connectivity index (χ0n) is 30.1. The fraction of sp³-hybridized carbons (Fsp3) is 0.610. The summed E-state index contributed by atoms with van der Waals surface area (Å²) in [6, 6.07) is 14.5. The third kappa shape index (κ3) is 9.64. The number of phenolic OH excluding ortho intramolecular Hbond substituents is 1. The third-order valence-electron chi connectivity index (χ3n) is 11.7. The summed E-state index contributed by atoms with van der Waals surface area (Å²) in [6.45, 7) is 4.96. The number of aliphatic hydroxyl groups excluding tert-OH is 1. The van der Waals surface area contributed by atoms with Crippen LogP contribution in [0.25, 0.3) is 10.9 Å². The topological polar surface area (TPSA) is 138 Å². The number of rotatable bonds is 18. The SMILES string of the molecule is O=C(O)N(C(c1cccc(OCCCCCCCCCNC[C@H](O)c2ccc(O)c3[nH]c(=O)ccc23)c1)C1CCCCC1)[C@H]1CN2CCC1CC2. The number of aliphatic hydroxyl groups is 1. The van der Waals surface area contributed by atoms with E-state index in [1.54, 1.807) is 12.1 Å². The maximum atomic E-state index is 13.0. The van der Waals surface area contributed by atoms with Gasteiger partial charge < -0.3 is 35.3 Å². The molecule has 0 radical (unpaired) electrons. The summed E-state index contributed by atoms with van der Waals surface area (Å²) in [5.41, 5.74) is 1.83. The average Bonchev–Trinajstić information content (AvgIpc) is 3.15. The minimum atomic E-state index is -0.773. The van der Waals surface area contributed by atoms with Crippen molar-refractivity contribution in [1.82, 2.24) is 20.1 Å². The number of unbranched alkanes of at least 4 members (excludes halogenated alkanes) is 6. The first-order valence-electron chi connectivity index (χ1n) is 19.6. The number of aromatic hydroxyl groups is 1. The molecule has 0 spiro atoms. The Labute approximate surface area is 302 Å². The quantitative estimate of drug-likeness (QED) is 0.0868. The number of hydrogen-bond acceptors (Lipinski definition) is 7. The smallest absolute Gasteiger partial charge is 0.408 e. The van der Waals surface area contributed by atoms with Crippen LogP contribution >= 0.6 is 0 Å². The van der Waals surface area contributed by atoms with E-state index in [2.05, 4.69) is 27.3 Å². The predicted octanol–water partition coefficient (Wildman–Crippen LogP) is 7.36. The Morgan fingerprint density at radius 3 is 2.41 bits per heavy atom. The van der Waals surface area contributed by atoms with Crippen LogP contribution in [0.2, 0.25) is 0 Å². The molecular weight excluding hydrogens is 644 g/mol. The largest absolute Gasteiger partial charge is 0.506 e. The molecule has 4 aliphatic rings. The van der Waals surface area contributed by atoms with Crippen molar-refractivity contribution in [2.75, 3.05) is 39.3 Å². The average molecular weight is 703 g/mol. The molecule has 3 aliphatic heterocycles. The lowest BCUT2D eigenvalue weighted by atomic mass is 9.77. The van der Waals surface area contributed by atoms with Crippen LogP contribution < -0.4 is 15.6 Å². The predicted molar refractivity (Wildman–Crippen MR) is 200 cm³/mol. The summed E-state index contributed by atoms with van der Waals surface area (Å²) in [5, 5.41) is 35.4. The maximum absolute atomic E-state index is 13.0. The lowest BCUT2D eigenvalue weighted by Gasteiger charge is -2.51. The van der Waals surface area contributed by atoms with Crippen molar-refractivity contribution < 1.29 is 24.9 Å². The Balaban J connectivity index is 0.893.